The molecule has 0 fully saturated rings. The molecule has 4 nitrogen and oxygen atoms in total. The summed E-state index contributed by atoms with van der Waals surface area (Å²) >= 11 is 0. The van der Waals surface area contributed by atoms with Gasteiger partial charge in [-0.1, -0.05) is 31.0 Å². The van der Waals surface area contributed by atoms with Gasteiger partial charge in [0, 0.05) is 11.6 Å². The minimum atomic E-state index is -3.11. The fraction of sp³-hybridized carbons (Fsp3) is 0.571. The number of ether oxygens (including phenoxy) is 1. The summed E-state index contributed by atoms with van der Waals surface area (Å²) in [5.41, 5.74) is 7.83. The molecule has 1 atom stereocenters. The molecule has 0 aliphatic rings. The molecule has 0 bridgehead atoms. The van der Waals surface area contributed by atoms with Crippen LogP contribution in [0.25, 0.3) is 0 Å². The molecule has 0 aromatic heterocycles. The SMILES string of the molecule is CCCCS(=O)(=O)CC(N)c1cc(C)ccc1OC. The first kappa shape index (κ1) is 16.0. The van der Waals surface area contributed by atoms with Crippen molar-refractivity contribution in [2.45, 2.75) is 32.7 Å². The monoisotopic (exact) mass is 285 g/mol. The van der Waals surface area contributed by atoms with Crippen molar-refractivity contribution in [3.8, 4) is 5.75 Å². The van der Waals surface area contributed by atoms with Gasteiger partial charge in [-0.3, -0.25) is 0 Å². The largest absolute Gasteiger partial charge is 0.496 e. The van der Waals surface area contributed by atoms with E-state index in [0.717, 1.165) is 17.5 Å². The van der Waals surface area contributed by atoms with Crippen molar-refractivity contribution in [1.29, 1.82) is 0 Å². The van der Waals surface area contributed by atoms with Crippen molar-refractivity contribution in [1.82, 2.24) is 0 Å². The van der Waals surface area contributed by atoms with Gasteiger partial charge in [0.1, 0.15) is 5.75 Å². The summed E-state index contributed by atoms with van der Waals surface area (Å²) in [6.45, 7) is 3.92. The van der Waals surface area contributed by atoms with Crippen molar-refractivity contribution >= 4 is 9.84 Å². The van der Waals surface area contributed by atoms with Crippen molar-refractivity contribution in [3.05, 3.63) is 29.3 Å². The fourth-order valence-corrected chi connectivity index (χ4v) is 3.58. The molecule has 1 aromatic carbocycles. The fourth-order valence-electron chi connectivity index (χ4n) is 1.95. The van der Waals surface area contributed by atoms with Crippen LogP contribution in [0.4, 0.5) is 0 Å². The van der Waals surface area contributed by atoms with E-state index < -0.39 is 15.9 Å². The Morgan fingerprint density at radius 2 is 2.05 bits per heavy atom. The van der Waals surface area contributed by atoms with Gasteiger partial charge in [0.2, 0.25) is 0 Å². The lowest BCUT2D eigenvalue weighted by atomic mass is 10.1. The summed E-state index contributed by atoms with van der Waals surface area (Å²) < 4.78 is 29.1. The number of nitrogens with two attached hydrogens (primary N) is 1. The number of hydrogen-bond donors (Lipinski definition) is 1. The standard InChI is InChI=1S/C14H23NO3S/c1-4-5-8-19(16,17)10-13(15)12-9-11(2)6-7-14(12)18-3/h6-7,9,13H,4-5,8,10,15H2,1-3H3. The zero-order valence-corrected chi connectivity index (χ0v) is 12.7. The Hall–Kier alpha value is -1.07. The van der Waals surface area contributed by atoms with Crippen LogP contribution in [0.5, 0.6) is 5.75 Å². The molecule has 108 valence electrons. The second-order valence-electron chi connectivity index (χ2n) is 4.82. The van der Waals surface area contributed by atoms with Crippen LogP contribution in [0.2, 0.25) is 0 Å². The normalized spacial score (nSPS) is 13.3. The average molecular weight is 285 g/mol. The Balaban J connectivity index is 2.88. The number of hydrogen-bond acceptors (Lipinski definition) is 4. The number of rotatable bonds is 7. The molecule has 19 heavy (non-hydrogen) atoms. The minimum absolute atomic E-state index is 0.0349. The number of aryl methyl sites for hydroxylation is 1. The molecule has 0 aliphatic heterocycles. The molecule has 0 radical (unpaired) electrons. The molecule has 1 aromatic rings. The topological polar surface area (TPSA) is 69.4 Å². The van der Waals surface area contributed by atoms with E-state index in [1.807, 2.05) is 32.0 Å². The molecular formula is C14H23NO3S. The predicted molar refractivity (Wildman–Crippen MR) is 78.2 cm³/mol. The predicted octanol–water partition coefficient (Wildman–Crippen LogP) is 2.22. The Morgan fingerprint density at radius 1 is 1.37 bits per heavy atom. The molecule has 0 spiro atoms. The van der Waals surface area contributed by atoms with Crippen LogP contribution in [-0.2, 0) is 9.84 Å². The molecular weight excluding hydrogens is 262 g/mol. The highest BCUT2D eigenvalue weighted by Crippen LogP contribution is 2.26. The Morgan fingerprint density at radius 3 is 2.63 bits per heavy atom. The lowest BCUT2D eigenvalue weighted by Crippen LogP contribution is -2.24. The zero-order chi connectivity index (χ0) is 14.5. The van der Waals surface area contributed by atoms with Crippen LogP contribution in [0.3, 0.4) is 0 Å². The third-order valence-electron chi connectivity index (χ3n) is 3.03. The first-order valence-corrected chi connectivity index (χ1v) is 8.32. The third-order valence-corrected chi connectivity index (χ3v) is 4.80. The molecule has 0 heterocycles. The van der Waals surface area contributed by atoms with Crippen molar-refractivity contribution in [2.75, 3.05) is 18.6 Å². The van der Waals surface area contributed by atoms with Crippen LogP contribution in [0.1, 0.15) is 36.9 Å². The maximum absolute atomic E-state index is 11.9. The minimum Gasteiger partial charge on any atom is -0.496 e. The Kier molecular flexibility index (Phi) is 5.82. The van der Waals surface area contributed by atoms with Crippen LogP contribution in [0.15, 0.2) is 18.2 Å². The molecule has 2 N–H and O–H groups in total. The molecule has 0 amide bonds. The maximum Gasteiger partial charge on any atom is 0.152 e. The third kappa shape index (κ3) is 4.84. The molecule has 0 saturated carbocycles. The van der Waals surface area contributed by atoms with Gasteiger partial charge in [-0.15, -0.1) is 0 Å². The molecule has 1 unspecified atom stereocenters. The number of unbranched alkanes of at least 4 members (excludes halogenated alkanes) is 1. The lowest BCUT2D eigenvalue weighted by molar-refractivity contribution is 0.407. The zero-order valence-electron chi connectivity index (χ0n) is 11.8. The molecule has 5 heteroatoms. The van der Waals surface area contributed by atoms with E-state index in [1.54, 1.807) is 7.11 Å². The highest BCUT2D eigenvalue weighted by Gasteiger charge is 2.20. The Labute approximate surface area is 115 Å². The maximum atomic E-state index is 11.9. The molecule has 0 saturated heterocycles. The van der Waals surface area contributed by atoms with Crippen LogP contribution < -0.4 is 10.5 Å². The van der Waals surface area contributed by atoms with E-state index in [0.29, 0.717) is 12.2 Å². The van der Waals surface area contributed by atoms with E-state index in [4.69, 9.17) is 10.5 Å². The summed E-state index contributed by atoms with van der Waals surface area (Å²) in [5.74, 6) is 0.807. The summed E-state index contributed by atoms with van der Waals surface area (Å²) in [6, 6.07) is 5.08. The van der Waals surface area contributed by atoms with Crippen molar-refractivity contribution in [2.24, 2.45) is 5.73 Å². The summed E-state index contributed by atoms with van der Waals surface area (Å²) in [6.07, 6.45) is 1.54. The second-order valence-corrected chi connectivity index (χ2v) is 7.05. The van der Waals surface area contributed by atoms with Gasteiger partial charge in [0.25, 0.3) is 0 Å². The van der Waals surface area contributed by atoms with Crippen LogP contribution in [-0.4, -0.2) is 27.0 Å². The number of sulfone groups is 1. The van der Waals surface area contributed by atoms with E-state index >= 15 is 0 Å². The van der Waals surface area contributed by atoms with Gasteiger partial charge in [0.05, 0.1) is 18.6 Å². The van der Waals surface area contributed by atoms with Crippen molar-refractivity contribution in [3.63, 3.8) is 0 Å². The highest BCUT2D eigenvalue weighted by atomic mass is 32.2. The summed E-state index contributed by atoms with van der Waals surface area (Å²) in [4.78, 5) is 0. The van der Waals surface area contributed by atoms with Crippen molar-refractivity contribution < 1.29 is 13.2 Å². The summed E-state index contributed by atoms with van der Waals surface area (Å²) in [7, 11) is -1.55. The van der Waals surface area contributed by atoms with Gasteiger partial charge in [-0.2, -0.15) is 0 Å². The Bertz CT molecular complexity index is 511. The highest BCUT2D eigenvalue weighted by molar-refractivity contribution is 7.91. The van der Waals surface area contributed by atoms with Gasteiger partial charge in [-0.25, -0.2) is 8.42 Å². The van der Waals surface area contributed by atoms with Gasteiger partial charge < -0.3 is 10.5 Å². The quantitative estimate of drug-likeness (QED) is 0.834. The van der Waals surface area contributed by atoms with E-state index in [2.05, 4.69) is 0 Å². The summed E-state index contributed by atoms with van der Waals surface area (Å²) in [5, 5.41) is 0. The van der Waals surface area contributed by atoms with Gasteiger partial charge >= 0.3 is 0 Å². The number of methoxy groups -OCH3 is 1. The smallest absolute Gasteiger partial charge is 0.152 e. The van der Waals surface area contributed by atoms with E-state index in [-0.39, 0.29) is 11.5 Å². The first-order chi connectivity index (χ1) is 8.89. The van der Waals surface area contributed by atoms with Gasteiger partial charge in [0.15, 0.2) is 9.84 Å². The van der Waals surface area contributed by atoms with Crippen LogP contribution in [0, 0.1) is 6.92 Å². The number of benzene rings is 1. The van der Waals surface area contributed by atoms with Crippen LogP contribution >= 0.6 is 0 Å². The van der Waals surface area contributed by atoms with Gasteiger partial charge in [-0.05, 0) is 19.4 Å². The lowest BCUT2D eigenvalue weighted by Gasteiger charge is -2.16. The first-order valence-electron chi connectivity index (χ1n) is 6.50. The molecule has 1 rings (SSSR count). The average Bonchev–Trinajstić information content (AvgIpc) is 2.36. The molecule has 0 aliphatic carbocycles. The van der Waals surface area contributed by atoms with E-state index in [1.165, 1.54) is 0 Å². The second kappa shape index (κ2) is 6.91. The van der Waals surface area contributed by atoms with E-state index in [9.17, 15) is 8.42 Å².